The number of benzene rings is 2. The molecule has 1 amide bonds. The highest BCUT2D eigenvalue weighted by molar-refractivity contribution is 7.89. The fraction of sp³-hybridized carbons (Fsp3) is 0.316. The highest BCUT2D eigenvalue weighted by Gasteiger charge is 2.24. The van der Waals surface area contributed by atoms with Crippen LogP contribution in [0.5, 0.6) is 0 Å². The summed E-state index contributed by atoms with van der Waals surface area (Å²) in [6, 6.07) is 13.0. The van der Waals surface area contributed by atoms with Crippen LogP contribution >= 0.6 is 0 Å². The number of carbonyl (C=O) groups excluding carboxylic acids is 1. The van der Waals surface area contributed by atoms with Crippen molar-refractivity contribution < 1.29 is 13.2 Å². The third-order valence-electron chi connectivity index (χ3n) is 4.66. The van der Waals surface area contributed by atoms with Crippen LogP contribution in [0.4, 0.5) is 5.69 Å². The number of aryl methyl sites for hydroxylation is 1. The lowest BCUT2D eigenvalue weighted by Gasteiger charge is -2.23. The molecule has 0 saturated heterocycles. The minimum Gasteiger partial charge on any atom is -0.362 e. The Kier molecular flexibility index (Phi) is 5.02. The van der Waals surface area contributed by atoms with Gasteiger partial charge in [-0.1, -0.05) is 29.8 Å². The second-order valence-corrected chi connectivity index (χ2v) is 8.30. The average Bonchev–Trinajstić information content (AvgIpc) is 2.98. The summed E-state index contributed by atoms with van der Waals surface area (Å²) >= 11 is 0. The number of likely N-dealkylation sites (N-methyl/N-ethyl adjacent to an activating group) is 1. The maximum absolute atomic E-state index is 12.6. The number of primary sulfonamides is 1. The number of rotatable bonds is 5. The number of hydrogen-bond donors (Lipinski definition) is 1. The molecule has 0 spiro atoms. The van der Waals surface area contributed by atoms with Crippen LogP contribution < -0.4 is 10.0 Å². The molecule has 2 aromatic rings. The van der Waals surface area contributed by atoms with Gasteiger partial charge in [0.1, 0.15) is 0 Å². The van der Waals surface area contributed by atoms with Crippen LogP contribution in [0.3, 0.4) is 0 Å². The zero-order chi connectivity index (χ0) is 18.9. The van der Waals surface area contributed by atoms with E-state index in [1.54, 1.807) is 24.1 Å². The van der Waals surface area contributed by atoms with Crippen molar-refractivity contribution in [2.75, 3.05) is 25.0 Å². The van der Waals surface area contributed by atoms with Crippen molar-refractivity contribution in [1.82, 2.24) is 4.90 Å². The van der Waals surface area contributed by atoms with Crippen LogP contribution in [0, 0.1) is 6.92 Å². The maximum Gasteiger partial charge on any atom is 0.242 e. The normalized spacial score (nSPS) is 13.6. The molecule has 0 unspecified atom stereocenters. The van der Waals surface area contributed by atoms with Gasteiger partial charge in [0.25, 0.3) is 0 Å². The number of hydrogen-bond acceptors (Lipinski definition) is 4. The first kappa shape index (κ1) is 18.4. The number of fused-ring (bicyclic) bond motifs is 1. The number of nitrogens with zero attached hydrogens (tertiary/aromatic N) is 2. The van der Waals surface area contributed by atoms with Crippen LogP contribution in [0.25, 0.3) is 0 Å². The Morgan fingerprint density at radius 3 is 2.54 bits per heavy atom. The highest BCUT2D eigenvalue weighted by atomic mass is 32.2. The van der Waals surface area contributed by atoms with Gasteiger partial charge in [-0.25, -0.2) is 13.6 Å². The minimum atomic E-state index is -3.71. The topological polar surface area (TPSA) is 83.7 Å². The number of anilines is 1. The Hall–Kier alpha value is -2.38. The number of sulfonamides is 1. The molecule has 1 aliphatic heterocycles. The van der Waals surface area contributed by atoms with Crippen LogP contribution in [0.2, 0.25) is 0 Å². The van der Waals surface area contributed by atoms with Crippen LogP contribution in [0.15, 0.2) is 47.4 Å². The second kappa shape index (κ2) is 7.09. The molecule has 1 heterocycles. The highest BCUT2D eigenvalue weighted by Crippen LogP contribution is 2.29. The molecule has 0 aromatic heterocycles. The second-order valence-electron chi connectivity index (χ2n) is 6.74. The van der Waals surface area contributed by atoms with E-state index in [0.29, 0.717) is 19.5 Å². The van der Waals surface area contributed by atoms with Crippen LogP contribution in [-0.4, -0.2) is 39.4 Å². The third-order valence-corrected chi connectivity index (χ3v) is 5.57. The van der Waals surface area contributed by atoms with Gasteiger partial charge in [0, 0.05) is 25.8 Å². The molecule has 26 heavy (non-hydrogen) atoms. The quantitative estimate of drug-likeness (QED) is 0.864. The van der Waals surface area contributed by atoms with Gasteiger partial charge in [0.2, 0.25) is 15.9 Å². The lowest BCUT2D eigenvalue weighted by molar-refractivity contribution is -0.128. The first-order valence-electron chi connectivity index (χ1n) is 8.44. The molecule has 2 aromatic carbocycles. The van der Waals surface area contributed by atoms with E-state index in [4.69, 9.17) is 5.14 Å². The Labute approximate surface area is 154 Å². The monoisotopic (exact) mass is 373 g/mol. The fourth-order valence-corrected chi connectivity index (χ4v) is 3.69. The van der Waals surface area contributed by atoms with Crippen molar-refractivity contribution in [2.45, 2.75) is 24.8 Å². The number of amides is 1. The smallest absolute Gasteiger partial charge is 0.242 e. The van der Waals surface area contributed by atoms with Gasteiger partial charge >= 0.3 is 0 Å². The average molecular weight is 373 g/mol. The summed E-state index contributed by atoms with van der Waals surface area (Å²) in [5, 5.41) is 5.19. The standard InChI is InChI=1S/C19H23N3O3S/c1-14-3-5-15(6-4-14)12-21(2)19(23)13-22-10-9-16-11-17(26(20,24)25)7-8-18(16)22/h3-8,11H,9-10,12-13H2,1-2H3,(H2,20,24,25). The van der Waals surface area contributed by atoms with E-state index in [1.165, 1.54) is 11.6 Å². The van der Waals surface area contributed by atoms with E-state index < -0.39 is 10.0 Å². The summed E-state index contributed by atoms with van der Waals surface area (Å²) in [6.45, 7) is 3.55. The summed E-state index contributed by atoms with van der Waals surface area (Å²) in [7, 11) is -1.91. The third kappa shape index (κ3) is 4.05. The van der Waals surface area contributed by atoms with Gasteiger partial charge in [-0.15, -0.1) is 0 Å². The molecule has 6 nitrogen and oxygen atoms in total. The largest absolute Gasteiger partial charge is 0.362 e. The van der Waals surface area contributed by atoms with Crippen molar-refractivity contribution >= 4 is 21.6 Å². The molecule has 0 aliphatic carbocycles. The molecule has 7 heteroatoms. The zero-order valence-corrected chi connectivity index (χ0v) is 15.8. The Morgan fingerprint density at radius 1 is 1.19 bits per heavy atom. The predicted octanol–water partition coefficient (Wildman–Crippen LogP) is 1.66. The van der Waals surface area contributed by atoms with Crippen molar-refractivity contribution in [1.29, 1.82) is 0 Å². The number of carbonyl (C=O) groups is 1. The van der Waals surface area contributed by atoms with E-state index in [9.17, 15) is 13.2 Å². The molecule has 0 radical (unpaired) electrons. The van der Waals surface area contributed by atoms with Crippen molar-refractivity contribution in [3.63, 3.8) is 0 Å². The molecule has 138 valence electrons. The number of nitrogens with two attached hydrogens (primary N) is 1. The predicted molar refractivity (Wildman–Crippen MR) is 101 cm³/mol. The van der Waals surface area contributed by atoms with Crippen molar-refractivity contribution in [3.8, 4) is 0 Å². The Morgan fingerprint density at radius 2 is 1.88 bits per heavy atom. The first-order chi connectivity index (χ1) is 12.2. The summed E-state index contributed by atoms with van der Waals surface area (Å²) < 4.78 is 23.0. The van der Waals surface area contributed by atoms with E-state index in [2.05, 4.69) is 0 Å². The SMILES string of the molecule is Cc1ccc(CN(C)C(=O)CN2CCc3cc(S(N)(=O)=O)ccc32)cc1. The summed E-state index contributed by atoms with van der Waals surface area (Å²) in [6.07, 6.45) is 0.702. The lowest BCUT2D eigenvalue weighted by Crippen LogP contribution is -2.37. The molecular weight excluding hydrogens is 350 g/mol. The minimum absolute atomic E-state index is 0.0222. The first-order valence-corrected chi connectivity index (χ1v) is 9.99. The van der Waals surface area contributed by atoms with Gasteiger partial charge in [-0.05, 0) is 42.7 Å². The van der Waals surface area contributed by atoms with E-state index in [1.807, 2.05) is 36.1 Å². The molecule has 3 rings (SSSR count). The summed E-state index contributed by atoms with van der Waals surface area (Å²) in [5.74, 6) is 0.0222. The fourth-order valence-electron chi connectivity index (χ4n) is 3.13. The Bertz CT molecular complexity index is 924. The van der Waals surface area contributed by atoms with Gasteiger partial charge in [0.05, 0.1) is 11.4 Å². The van der Waals surface area contributed by atoms with E-state index in [-0.39, 0.29) is 17.3 Å². The molecule has 0 fully saturated rings. The molecule has 1 aliphatic rings. The van der Waals surface area contributed by atoms with Gasteiger partial charge in [0.15, 0.2) is 0 Å². The van der Waals surface area contributed by atoms with Gasteiger partial charge < -0.3 is 9.80 Å². The molecular formula is C19H23N3O3S. The molecule has 0 atom stereocenters. The summed E-state index contributed by atoms with van der Waals surface area (Å²) in [4.78, 5) is 16.4. The summed E-state index contributed by atoms with van der Waals surface area (Å²) in [5.41, 5.74) is 4.08. The van der Waals surface area contributed by atoms with Crippen LogP contribution in [0.1, 0.15) is 16.7 Å². The molecule has 2 N–H and O–H groups in total. The van der Waals surface area contributed by atoms with Gasteiger partial charge in [-0.2, -0.15) is 0 Å². The van der Waals surface area contributed by atoms with Crippen molar-refractivity contribution in [3.05, 3.63) is 59.2 Å². The maximum atomic E-state index is 12.6. The lowest BCUT2D eigenvalue weighted by atomic mass is 10.1. The zero-order valence-electron chi connectivity index (χ0n) is 15.0. The Balaban J connectivity index is 1.67. The van der Waals surface area contributed by atoms with E-state index in [0.717, 1.165) is 16.8 Å². The van der Waals surface area contributed by atoms with Crippen LogP contribution in [-0.2, 0) is 27.8 Å². The van der Waals surface area contributed by atoms with Crippen molar-refractivity contribution in [2.24, 2.45) is 5.14 Å². The molecule has 0 bridgehead atoms. The van der Waals surface area contributed by atoms with Gasteiger partial charge in [-0.3, -0.25) is 4.79 Å². The van der Waals surface area contributed by atoms with E-state index >= 15 is 0 Å². The molecule has 0 saturated carbocycles.